The molecule has 3 rings (SSSR count). The van der Waals surface area contributed by atoms with Gasteiger partial charge in [-0.2, -0.15) is 5.10 Å². The van der Waals surface area contributed by atoms with Crippen molar-refractivity contribution in [3.63, 3.8) is 0 Å². The molecule has 90 valence electrons. The molecule has 0 saturated heterocycles. The average molecular weight is 232 g/mol. The van der Waals surface area contributed by atoms with Crippen molar-refractivity contribution in [3.05, 3.63) is 24.2 Å². The van der Waals surface area contributed by atoms with Gasteiger partial charge in [0.1, 0.15) is 0 Å². The van der Waals surface area contributed by atoms with Crippen LogP contribution in [0.25, 0.3) is 10.9 Å². The summed E-state index contributed by atoms with van der Waals surface area (Å²) in [6.07, 6.45) is 7.67. The molecule has 0 spiro atoms. The van der Waals surface area contributed by atoms with Crippen LogP contribution in [0.2, 0.25) is 0 Å². The van der Waals surface area contributed by atoms with Gasteiger partial charge in [-0.3, -0.25) is 10.1 Å². The Labute approximate surface area is 99.3 Å². The van der Waals surface area contributed by atoms with Crippen molar-refractivity contribution in [1.82, 2.24) is 20.5 Å². The van der Waals surface area contributed by atoms with Crippen LogP contribution in [0.15, 0.2) is 18.6 Å². The summed E-state index contributed by atoms with van der Waals surface area (Å²) >= 11 is 0. The second-order valence-electron chi connectivity index (χ2n) is 5.00. The SMILES string of the molecule is CC1(N[C@H](CO)c2cncc3[nH]ncc23)CC1. The van der Waals surface area contributed by atoms with Gasteiger partial charge in [-0.25, -0.2) is 0 Å². The number of nitrogens with zero attached hydrogens (tertiary/aromatic N) is 2. The monoisotopic (exact) mass is 232 g/mol. The third kappa shape index (κ3) is 1.92. The number of aliphatic hydroxyl groups is 1. The third-order valence-electron chi connectivity index (χ3n) is 3.48. The van der Waals surface area contributed by atoms with Crippen LogP contribution in [0.5, 0.6) is 0 Å². The van der Waals surface area contributed by atoms with Crippen LogP contribution in [-0.2, 0) is 0 Å². The van der Waals surface area contributed by atoms with Gasteiger partial charge in [-0.05, 0) is 19.8 Å². The molecule has 2 heterocycles. The lowest BCUT2D eigenvalue weighted by Gasteiger charge is -2.21. The molecule has 0 aliphatic heterocycles. The molecule has 1 fully saturated rings. The molecule has 17 heavy (non-hydrogen) atoms. The molecule has 3 N–H and O–H groups in total. The standard InChI is InChI=1S/C12H16N4O/c1-12(2-3-12)15-11(7-17)8-4-13-6-10-9(8)5-14-16-10/h4-6,11,15,17H,2-3,7H2,1H3,(H,14,16)/t11-/m1/s1. The summed E-state index contributed by atoms with van der Waals surface area (Å²) in [6.45, 7) is 2.25. The quantitative estimate of drug-likeness (QED) is 0.739. The molecular formula is C12H16N4O. The molecule has 5 heteroatoms. The van der Waals surface area contributed by atoms with Crippen LogP contribution in [0.3, 0.4) is 0 Å². The normalized spacial score (nSPS) is 19.4. The Bertz CT molecular complexity index is 532. The Hall–Kier alpha value is -1.46. The molecule has 1 saturated carbocycles. The van der Waals surface area contributed by atoms with E-state index in [2.05, 4.69) is 27.4 Å². The number of fused-ring (bicyclic) bond motifs is 1. The van der Waals surface area contributed by atoms with E-state index in [-0.39, 0.29) is 18.2 Å². The molecule has 0 bridgehead atoms. The summed E-state index contributed by atoms with van der Waals surface area (Å²) in [4.78, 5) is 4.18. The number of aliphatic hydroxyl groups excluding tert-OH is 1. The molecule has 2 aromatic rings. The van der Waals surface area contributed by atoms with Crippen molar-refractivity contribution in [2.45, 2.75) is 31.3 Å². The maximum Gasteiger partial charge on any atom is 0.0836 e. The van der Waals surface area contributed by atoms with Crippen LogP contribution in [0, 0.1) is 0 Å². The van der Waals surface area contributed by atoms with Gasteiger partial charge in [0.2, 0.25) is 0 Å². The number of H-pyrrole nitrogens is 1. The molecule has 1 aliphatic rings. The molecule has 1 aliphatic carbocycles. The van der Waals surface area contributed by atoms with E-state index in [1.165, 1.54) is 0 Å². The maximum absolute atomic E-state index is 9.55. The highest BCUT2D eigenvalue weighted by atomic mass is 16.3. The van der Waals surface area contributed by atoms with E-state index in [0.717, 1.165) is 29.3 Å². The van der Waals surface area contributed by atoms with E-state index in [1.807, 2.05) is 0 Å². The lowest BCUT2D eigenvalue weighted by Crippen LogP contribution is -2.34. The lowest BCUT2D eigenvalue weighted by atomic mass is 10.1. The third-order valence-corrected chi connectivity index (χ3v) is 3.48. The van der Waals surface area contributed by atoms with Gasteiger partial charge in [0.05, 0.1) is 30.6 Å². The fraction of sp³-hybridized carbons (Fsp3) is 0.500. The largest absolute Gasteiger partial charge is 0.394 e. The van der Waals surface area contributed by atoms with Gasteiger partial charge in [0, 0.05) is 22.7 Å². The molecule has 0 radical (unpaired) electrons. The first-order chi connectivity index (χ1) is 8.22. The van der Waals surface area contributed by atoms with Gasteiger partial charge in [-0.15, -0.1) is 0 Å². The fourth-order valence-corrected chi connectivity index (χ4v) is 2.14. The molecule has 2 aromatic heterocycles. The minimum atomic E-state index is -0.0729. The van der Waals surface area contributed by atoms with Crippen molar-refractivity contribution >= 4 is 10.9 Å². The average Bonchev–Trinajstić information content (AvgIpc) is 2.89. The van der Waals surface area contributed by atoms with E-state index in [4.69, 9.17) is 0 Å². The maximum atomic E-state index is 9.55. The predicted molar refractivity (Wildman–Crippen MR) is 64.5 cm³/mol. The molecular weight excluding hydrogens is 216 g/mol. The Morgan fingerprint density at radius 2 is 2.29 bits per heavy atom. The molecule has 5 nitrogen and oxygen atoms in total. The molecule has 0 unspecified atom stereocenters. The minimum Gasteiger partial charge on any atom is -0.394 e. The van der Waals surface area contributed by atoms with Crippen LogP contribution in [0.4, 0.5) is 0 Å². The Morgan fingerprint density at radius 1 is 1.47 bits per heavy atom. The fourth-order valence-electron chi connectivity index (χ4n) is 2.14. The first-order valence-electron chi connectivity index (χ1n) is 5.87. The Morgan fingerprint density at radius 3 is 3.00 bits per heavy atom. The minimum absolute atomic E-state index is 0.0710. The smallest absolute Gasteiger partial charge is 0.0836 e. The highest BCUT2D eigenvalue weighted by Crippen LogP contribution is 2.37. The topological polar surface area (TPSA) is 73.8 Å². The number of aromatic amines is 1. The van der Waals surface area contributed by atoms with Gasteiger partial charge < -0.3 is 10.4 Å². The van der Waals surface area contributed by atoms with Gasteiger partial charge in [0.15, 0.2) is 0 Å². The molecule has 0 aromatic carbocycles. The number of hydrogen-bond acceptors (Lipinski definition) is 4. The zero-order valence-corrected chi connectivity index (χ0v) is 9.77. The number of hydrogen-bond donors (Lipinski definition) is 3. The number of pyridine rings is 1. The Kier molecular flexibility index (Phi) is 2.38. The first-order valence-corrected chi connectivity index (χ1v) is 5.87. The van der Waals surface area contributed by atoms with Gasteiger partial charge in [0.25, 0.3) is 0 Å². The van der Waals surface area contributed by atoms with Crippen LogP contribution in [0.1, 0.15) is 31.4 Å². The van der Waals surface area contributed by atoms with Crippen molar-refractivity contribution < 1.29 is 5.11 Å². The van der Waals surface area contributed by atoms with Crippen LogP contribution >= 0.6 is 0 Å². The Balaban J connectivity index is 1.97. The van der Waals surface area contributed by atoms with Crippen LogP contribution in [-0.4, -0.2) is 32.4 Å². The summed E-state index contributed by atoms with van der Waals surface area (Å²) in [7, 11) is 0. The summed E-state index contributed by atoms with van der Waals surface area (Å²) in [5.74, 6) is 0. The highest BCUT2D eigenvalue weighted by Gasteiger charge is 2.39. The summed E-state index contributed by atoms with van der Waals surface area (Å²) in [5.41, 5.74) is 2.09. The zero-order chi connectivity index (χ0) is 11.9. The number of rotatable bonds is 4. The van der Waals surface area contributed by atoms with Crippen molar-refractivity contribution in [1.29, 1.82) is 0 Å². The van der Waals surface area contributed by atoms with E-state index >= 15 is 0 Å². The van der Waals surface area contributed by atoms with Crippen LogP contribution < -0.4 is 5.32 Å². The zero-order valence-electron chi connectivity index (χ0n) is 9.77. The van der Waals surface area contributed by atoms with E-state index in [9.17, 15) is 5.11 Å². The van der Waals surface area contributed by atoms with Crippen molar-refractivity contribution in [2.75, 3.05) is 6.61 Å². The summed E-state index contributed by atoms with van der Waals surface area (Å²) in [6, 6.07) is -0.0729. The van der Waals surface area contributed by atoms with E-state index in [1.54, 1.807) is 18.6 Å². The van der Waals surface area contributed by atoms with Gasteiger partial charge >= 0.3 is 0 Å². The van der Waals surface area contributed by atoms with Gasteiger partial charge in [-0.1, -0.05) is 0 Å². The highest BCUT2D eigenvalue weighted by molar-refractivity contribution is 5.80. The van der Waals surface area contributed by atoms with E-state index in [0.29, 0.717) is 0 Å². The first kappa shape index (κ1) is 10.7. The van der Waals surface area contributed by atoms with E-state index < -0.39 is 0 Å². The number of aromatic nitrogens is 3. The predicted octanol–water partition coefficient (Wildman–Crippen LogP) is 1.13. The molecule has 0 amide bonds. The second kappa shape index (κ2) is 3.78. The molecule has 1 atom stereocenters. The number of nitrogens with one attached hydrogen (secondary N) is 2. The lowest BCUT2D eigenvalue weighted by molar-refractivity contribution is 0.232. The second-order valence-corrected chi connectivity index (χ2v) is 5.00. The summed E-state index contributed by atoms with van der Waals surface area (Å²) < 4.78 is 0. The van der Waals surface area contributed by atoms with Crippen molar-refractivity contribution in [2.24, 2.45) is 0 Å². The summed E-state index contributed by atoms with van der Waals surface area (Å²) in [5, 5.41) is 21.0. The van der Waals surface area contributed by atoms with Crippen molar-refractivity contribution in [3.8, 4) is 0 Å².